The molecule has 5 nitrogen and oxygen atoms in total. The van der Waals surface area contributed by atoms with E-state index in [0.717, 1.165) is 44.2 Å². The molecule has 0 aromatic carbocycles. The van der Waals surface area contributed by atoms with Crippen molar-refractivity contribution in [3.63, 3.8) is 0 Å². The normalized spacial score (nSPS) is 19.4. The van der Waals surface area contributed by atoms with Gasteiger partial charge >= 0.3 is 0 Å². The van der Waals surface area contributed by atoms with Crippen molar-refractivity contribution < 1.29 is 0 Å². The second-order valence-electron chi connectivity index (χ2n) is 4.64. The largest absolute Gasteiger partial charge is 0.353 e. The number of hydrogen-bond donors (Lipinski definition) is 1. The van der Waals surface area contributed by atoms with Crippen molar-refractivity contribution in [3.05, 3.63) is 17.8 Å². The van der Waals surface area contributed by atoms with Gasteiger partial charge in [-0.05, 0) is 26.0 Å². The smallest absolute Gasteiger partial charge is 0.151 e. The molecular weight excluding hydrogens is 214 g/mol. The first kappa shape index (κ1) is 12.3. The van der Waals surface area contributed by atoms with Crippen molar-refractivity contribution in [2.24, 2.45) is 5.73 Å². The summed E-state index contributed by atoms with van der Waals surface area (Å²) in [6.07, 6.45) is 0. The fourth-order valence-electron chi connectivity index (χ4n) is 2.10. The summed E-state index contributed by atoms with van der Waals surface area (Å²) < 4.78 is 0. The first-order valence-electron chi connectivity index (χ1n) is 6.20. The number of piperazine rings is 1. The van der Waals surface area contributed by atoms with Crippen LogP contribution in [0.3, 0.4) is 0 Å². The zero-order valence-corrected chi connectivity index (χ0v) is 10.6. The van der Waals surface area contributed by atoms with Crippen LogP contribution in [0.25, 0.3) is 0 Å². The van der Waals surface area contributed by atoms with Crippen LogP contribution in [0.4, 0.5) is 5.82 Å². The van der Waals surface area contributed by atoms with Gasteiger partial charge in [0, 0.05) is 38.8 Å². The Morgan fingerprint density at radius 1 is 1.24 bits per heavy atom. The molecule has 0 bridgehead atoms. The first-order chi connectivity index (χ1) is 8.20. The first-order valence-corrected chi connectivity index (χ1v) is 6.20. The number of anilines is 1. The lowest BCUT2D eigenvalue weighted by Crippen LogP contribution is -2.51. The molecule has 1 aliphatic heterocycles. The summed E-state index contributed by atoms with van der Waals surface area (Å²) in [7, 11) is 0. The van der Waals surface area contributed by atoms with Gasteiger partial charge in [-0.25, -0.2) is 0 Å². The number of nitrogens with zero attached hydrogens (tertiary/aromatic N) is 4. The van der Waals surface area contributed by atoms with E-state index in [1.807, 2.05) is 19.1 Å². The minimum absolute atomic E-state index is 0.473. The highest BCUT2D eigenvalue weighted by Gasteiger charge is 2.20. The van der Waals surface area contributed by atoms with Crippen molar-refractivity contribution in [1.82, 2.24) is 15.1 Å². The van der Waals surface area contributed by atoms with Crippen LogP contribution in [0.1, 0.15) is 12.6 Å². The van der Waals surface area contributed by atoms with Crippen molar-refractivity contribution >= 4 is 5.82 Å². The van der Waals surface area contributed by atoms with E-state index < -0.39 is 0 Å². The van der Waals surface area contributed by atoms with E-state index in [1.165, 1.54) is 0 Å². The minimum atomic E-state index is 0.473. The quantitative estimate of drug-likeness (QED) is 0.814. The highest BCUT2D eigenvalue weighted by atomic mass is 15.3. The fraction of sp³-hybridized carbons (Fsp3) is 0.667. The van der Waals surface area contributed by atoms with Gasteiger partial charge in [0.1, 0.15) is 0 Å². The average molecular weight is 235 g/mol. The van der Waals surface area contributed by atoms with Crippen molar-refractivity contribution in [2.75, 3.05) is 37.6 Å². The Morgan fingerprint density at radius 3 is 2.47 bits per heavy atom. The number of aryl methyl sites for hydroxylation is 1. The molecule has 94 valence electrons. The van der Waals surface area contributed by atoms with Gasteiger partial charge in [-0.15, -0.1) is 5.10 Å². The zero-order chi connectivity index (χ0) is 12.3. The van der Waals surface area contributed by atoms with E-state index in [1.54, 1.807) is 0 Å². The molecule has 1 unspecified atom stereocenters. The van der Waals surface area contributed by atoms with Crippen LogP contribution >= 0.6 is 0 Å². The molecule has 1 aliphatic rings. The van der Waals surface area contributed by atoms with Gasteiger partial charge in [0.05, 0.1) is 5.69 Å². The van der Waals surface area contributed by atoms with Gasteiger partial charge in [0.15, 0.2) is 5.82 Å². The van der Waals surface area contributed by atoms with E-state index in [2.05, 4.69) is 26.9 Å². The Balaban J connectivity index is 1.93. The second-order valence-corrected chi connectivity index (χ2v) is 4.64. The SMILES string of the molecule is Cc1ccc(N2CCN(C(C)CN)CC2)nn1. The monoisotopic (exact) mass is 235 g/mol. The molecule has 0 spiro atoms. The summed E-state index contributed by atoms with van der Waals surface area (Å²) in [4.78, 5) is 4.71. The summed E-state index contributed by atoms with van der Waals surface area (Å²) >= 11 is 0. The number of nitrogens with two attached hydrogens (primary N) is 1. The van der Waals surface area contributed by atoms with Gasteiger partial charge in [0.2, 0.25) is 0 Å². The van der Waals surface area contributed by atoms with Crippen LogP contribution in [0.2, 0.25) is 0 Å². The van der Waals surface area contributed by atoms with Crippen LogP contribution in [-0.2, 0) is 0 Å². The Labute approximate surface area is 103 Å². The van der Waals surface area contributed by atoms with Gasteiger partial charge < -0.3 is 10.6 Å². The minimum Gasteiger partial charge on any atom is -0.353 e. The maximum Gasteiger partial charge on any atom is 0.151 e. The average Bonchev–Trinajstić information content (AvgIpc) is 2.39. The molecule has 1 aromatic rings. The third-order valence-corrected chi connectivity index (χ3v) is 3.39. The summed E-state index contributed by atoms with van der Waals surface area (Å²) in [5.74, 6) is 0.982. The van der Waals surface area contributed by atoms with Crippen molar-refractivity contribution in [1.29, 1.82) is 0 Å². The molecule has 0 amide bonds. The number of aromatic nitrogens is 2. The maximum atomic E-state index is 5.69. The molecular formula is C12H21N5. The highest BCUT2D eigenvalue weighted by Crippen LogP contribution is 2.13. The molecule has 17 heavy (non-hydrogen) atoms. The maximum absolute atomic E-state index is 5.69. The molecule has 0 radical (unpaired) electrons. The van der Waals surface area contributed by atoms with Crippen LogP contribution in [0, 0.1) is 6.92 Å². The standard InChI is InChI=1S/C12H21N5/c1-10-3-4-12(15-14-10)17-7-5-16(6-8-17)11(2)9-13/h3-4,11H,5-9,13H2,1-2H3. The van der Waals surface area contributed by atoms with Crippen LogP contribution in [-0.4, -0.2) is 53.9 Å². The Bertz CT molecular complexity index is 342. The topological polar surface area (TPSA) is 58.3 Å². The molecule has 0 aliphatic carbocycles. The molecule has 2 N–H and O–H groups in total. The second kappa shape index (κ2) is 5.42. The molecule has 5 heteroatoms. The van der Waals surface area contributed by atoms with Crippen LogP contribution in [0.5, 0.6) is 0 Å². The summed E-state index contributed by atoms with van der Waals surface area (Å²) in [6.45, 7) is 8.97. The van der Waals surface area contributed by atoms with Gasteiger partial charge in [-0.3, -0.25) is 4.90 Å². The van der Waals surface area contributed by atoms with E-state index >= 15 is 0 Å². The highest BCUT2D eigenvalue weighted by molar-refractivity contribution is 5.37. The fourth-order valence-corrected chi connectivity index (χ4v) is 2.10. The number of rotatable bonds is 3. The van der Waals surface area contributed by atoms with E-state index in [0.29, 0.717) is 6.04 Å². The molecule has 2 heterocycles. The summed E-state index contributed by atoms with van der Waals surface area (Å²) in [5, 5.41) is 8.32. The van der Waals surface area contributed by atoms with Crippen LogP contribution in [0.15, 0.2) is 12.1 Å². The Morgan fingerprint density at radius 2 is 1.94 bits per heavy atom. The lowest BCUT2D eigenvalue weighted by molar-refractivity contribution is 0.201. The molecule has 1 saturated heterocycles. The molecule has 1 aromatic heterocycles. The predicted octanol–water partition coefficient (Wildman–Crippen LogP) is 0.254. The van der Waals surface area contributed by atoms with E-state index in [4.69, 9.17) is 5.73 Å². The lowest BCUT2D eigenvalue weighted by atomic mass is 10.2. The predicted molar refractivity (Wildman–Crippen MR) is 69.1 cm³/mol. The third kappa shape index (κ3) is 2.92. The Kier molecular flexibility index (Phi) is 3.91. The van der Waals surface area contributed by atoms with E-state index in [-0.39, 0.29) is 0 Å². The Hall–Kier alpha value is -1.20. The summed E-state index contributed by atoms with van der Waals surface area (Å²) in [6, 6.07) is 4.53. The lowest BCUT2D eigenvalue weighted by Gasteiger charge is -2.38. The molecule has 2 rings (SSSR count). The molecule has 1 fully saturated rings. The van der Waals surface area contributed by atoms with Crippen molar-refractivity contribution in [2.45, 2.75) is 19.9 Å². The third-order valence-electron chi connectivity index (χ3n) is 3.39. The van der Waals surface area contributed by atoms with Crippen LogP contribution < -0.4 is 10.6 Å². The molecule has 1 atom stereocenters. The van der Waals surface area contributed by atoms with E-state index in [9.17, 15) is 0 Å². The van der Waals surface area contributed by atoms with Gasteiger partial charge in [0.25, 0.3) is 0 Å². The summed E-state index contributed by atoms with van der Waals surface area (Å²) in [5.41, 5.74) is 6.65. The van der Waals surface area contributed by atoms with Crippen molar-refractivity contribution in [3.8, 4) is 0 Å². The van der Waals surface area contributed by atoms with Gasteiger partial charge in [-0.1, -0.05) is 0 Å². The number of hydrogen-bond acceptors (Lipinski definition) is 5. The molecule has 0 saturated carbocycles. The zero-order valence-electron chi connectivity index (χ0n) is 10.6. The van der Waals surface area contributed by atoms with Gasteiger partial charge in [-0.2, -0.15) is 5.10 Å².